The zero-order valence-electron chi connectivity index (χ0n) is 12.1. The highest BCUT2D eigenvalue weighted by atomic mass is 32.2. The highest BCUT2D eigenvalue weighted by Crippen LogP contribution is 2.24. The smallest absolute Gasteiger partial charge is 0.324 e. The van der Waals surface area contributed by atoms with Crippen LogP contribution in [-0.2, 0) is 19.7 Å². The summed E-state index contributed by atoms with van der Waals surface area (Å²) in [5, 5.41) is 0. The van der Waals surface area contributed by atoms with Crippen LogP contribution in [0.5, 0.6) is 0 Å². The van der Waals surface area contributed by atoms with E-state index < -0.39 is 22.2 Å². The molecule has 7 nitrogen and oxygen atoms in total. The molecule has 2 heterocycles. The molecule has 20 heavy (non-hydrogen) atoms. The first-order chi connectivity index (χ1) is 9.46. The number of carbonyl (C=O) groups excluding carboxylic acids is 1. The van der Waals surface area contributed by atoms with Crippen LogP contribution in [0.4, 0.5) is 0 Å². The molecule has 0 radical (unpaired) electrons. The van der Waals surface area contributed by atoms with Gasteiger partial charge in [-0.1, -0.05) is 0 Å². The first-order valence-electron chi connectivity index (χ1n) is 7.09. The van der Waals surface area contributed by atoms with Crippen molar-refractivity contribution < 1.29 is 17.9 Å². The van der Waals surface area contributed by atoms with E-state index >= 15 is 0 Å². The molecule has 8 heteroatoms. The summed E-state index contributed by atoms with van der Waals surface area (Å²) in [6.45, 7) is 4.80. The van der Waals surface area contributed by atoms with Crippen LogP contribution in [0.1, 0.15) is 19.8 Å². The zero-order chi connectivity index (χ0) is 14.8. The molecule has 0 amide bonds. The predicted octanol–water partition coefficient (Wildman–Crippen LogP) is -0.494. The van der Waals surface area contributed by atoms with Crippen molar-refractivity contribution in [2.24, 2.45) is 0 Å². The van der Waals surface area contributed by atoms with Gasteiger partial charge >= 0.3 is 5.97 Å². The fourth-order valence-electron chi connectivity index (χ4n) is 2.66. The van der Waals surface area contributed by atoms with Crippen molar-refractivity contribution in [3.63, 3.8) is 0 Å². The molecule has 2 rings (SSSR count). The average Bonchev–Trinajstić information content (AvgIpc) is 2.89. The van der Waals surface area contributed by atoms with E-state index in [9.17, 15) is 13.2 Å². The Bertz CT molecular complexity index is 446. The van der Waals surface area contributed by atoms with Gasteiger partial charge < -0.3 is 9.64 Å². The van der Waals surface area contributed by atoms with Gasteiger partial charge in [0.15, 0.2) is 0 Å². The van der Waals surface area contributed by atoms with Crippen molar-refractivity contribution in [3.8, 4) is 0 Å². The zero-order valence-corrected chi connectivity index (χ0v) is 12.9. The van der Waals surface area contributed by atoms with Gasteiger partial charge in [0.1, 0.15) is 6.04 Å². The molecule has 0 bridgehead atoms. The van der Waals surface area contributed by atoms with Gasteiger partial charge in [-0.2, -0.15) is 17.0 Å². The number of carbonyl (C=O) groups is 1. The highest BCUT2D eigenvalue weighted by Gasteiger charge is 2.42. The normalized spacial score (nSPS) is 26.8. The fourth-order valence-corrected chi connectivity index (χ4v) is 4.45. The highest BCUT2D eigenvalue weighted by molar-refractivity contribution is 7.86. The van der Waals surface area contributed by atoms with Gasteiger partial charge in [0.2, 0.25) is 0 Å². The van der Waals surface area contributed by atoms with E-state index in [0.29, 0.717) is 32.5 Å². The summed E-state index contributed by atoms with van der Waals surface area (Å²) in [4.78, 5) is 14.0. The monoisotopic (exact) mass is 305 g/mol. The lowest BCUT2D eigenvalue weighted by Crippen LogP contribution is -2.54. The molecule has 0 spiro atoms. The van der Waals surface area contributed by atoms with Crippen LogP contribution in [0, 0.1) is 0 Å². The molecule has 0 aromatic heterocycles. The molecular weight excluding hydrogens is 282 g/mol. The summed E-state index contributed by atoms with van der Waals surface area (Å²) < 4.78 is 33.1. The number of rotatable bonds is 4. The van der Waals surface area contributed by atoms with Crippen LogP contribution in [0.15, 0.2) is 0 Å². The summed E-state index contributed by atoms with van der Waals surface area (Å²) in [7, 11) is -1.59. The second-order valence-electron chi connectivity index (χ2n) is 5.23. The van der Waals surface area contributed by atoms with Crippen LogP contribution >= 0.6 is 0 Å². The third-order valence-electron chi connectivity index (χ3n) is 3.85. The number of hydrogen-bond acceptors (Lipinski definition) is 5. The Balaban J connectivity index is 2.09. The number of esters is 1. The van der Waals surface area contributed by atoms with Gasteiger partial charge in [0.25, 0.3) is 10.2 Å². The van der Waals surface area contributed by atoms with E-state index in [1.54, 1.807) is 6.92 Å². The first kappa shape index (κ1) is 15.7. The fraction of sp³-hybridized carbons (Fsp3) is 0.917. The second-order valence-corrected chi connectivity index (χ2v) is 7.11. The van der Waals surface area contributed by atoms with Crippen molar-refractivity contribution in [1.82, 2.24) is 13.5 Å². The quantitative estimate of drug-likeness (QED) is 0.655. The molecular formula is C12H23N3O4S. The van der Waals surface area contributed by atoms with Gasteiger partial charge in [0, 0.05) is 32.7 Å². The van der Waals surface area contributed by atoms with Crippen molar-refractivity contribution in [2.75, 3.05) is 46.4 Å². The number of nitrogens with zero attached hydrogens (tertiary/aromatic N) is 3. The number of hydrogen-bond donors (Lipinski definition) is 0. The molecule has 0 aliphatic carbocycles. The second kappa shape index (κ2) is 6.38. The molecule has 1 atom stereocenters. The summed E-state index contributed by atoms with van der Waals surface area (Å²) >= 11 is 0. The molecule has 116 valence electrons. The minimum absolute atomic E-state index is 0.276. The summed E-state index contributed by atoms with van der Waals surface area (Å²) in [5.74, 6) is -0.428. The molecule has 2 aliphatic heterocycles. The molecule has 2 saturated heterocycles. The molecule has 0 aromatic carbocycles. The van der Waals surface area contributed by atoms with Crippen LogP contribution in [0.3, 0.4) is 0 Å². The van der Waals surface area contributed by atoms with Crippen LogP contribution < -0.4 is 0 Å². The van der Waals surface area contributed by atoms with Gasteiger partial charge in [-0.25, -0.2) is 0 Å². The lowest BCUT2D eigenvalue weighted by molar-refractivity contribution is -0.146. The maximum Gasteiger partial charge on any atom is 0.324 e. The molecule has 1 unspecified atom stereocenters. The van der Waals surface area contributed by atoms with E-state index in [0.717, 1.165) is 13.1 Å². The molecule has 0 aromatic rings. The lowest BCUT2D eigenvalue weighted by Gasteiger charge is -2.35. The van der Waals surface area contributed by atoms with Crippen LogP contribution in [-0.4, -0.2) is 80.3 Å². The van der Waals surface area contributed by atoms with E-state index in [-0.39, 0.29) is 6.61 Å². The third kappa shape index (κ3) is 3.13. The summed E-state index contributed by atoms with van der Waals surface area (Å²) in [6.07, 6.45) is 1.25. The Morgan fingerprint density at radius 2 is 1.85 bits per heavy atom. The van der Waals surface area contributed by atoms with Crippen LogP contribution in [0.25, 0.3) is 0 Å². The number of piperazine rings is 1. The Kier molecular flexibility index (Phi) is 5.00. The maximum atomic E-state index is 12.6. The SMILES string of the molecule is CCOC(=O)C1CCCN1S(=O)(=O)N1CCN(C)CC1. The van der Waals surface area contributed by atoms with E-state index in [2.05, 4.69) is 4.90 Å². The molecule has 0 saturated carbocycles. The standard InChI is InChI=1S/C12H23N3O4S/c1-3-19-12(16)11-5-4-6-15(11)20(17,18)14-9-7-13(2)8-10-14/h11H,3-10H2,1-2H3. The Morgan fingerprint density at radius 3 is 2.45 bits per heavy atom. The summed E-state index contributed by atoms with van der Waals surface area (Å²) in [5.41, 5.74) is 0. The van der Waals surface area contributed by atoms with Gasteiger partial charge in [-0.3, -0.25) is 4.79 Å². The molecule has 0 N–H and O–H groups in total. The van der Waals surface area contributed by atoms with Crippen molar-refractivity contribution in [1.29, 1.82) is 0 Å². The first-order valence-corrected chi connectivity index (χ1v) is 8.48. The molecule has 2 aliphatic rings. The maximum absolute atomic E-state index is 12.6. The Hall–Kier alpha value is -0.700. The van der Waals surface area contributed by atoms with E-state index in [4.69, 9.17) is 4.74 Å². The van der Waals surface area contributed by atoms with Gasteiger partial charge in [-0.05, 0) is 26.8 Å². The molecule has 2 fully saturated rings. The Labute approximate surface area is 120 Å². The topological polar surface area (TPSA) is 70.2 Å². The minimum Gasteiger partial charge on any atom is -0.465 e. The van der Waals surface area contributed by atoms with E-state index in [1.165, 1.54) is 8.61 Å². The average molecular weight is 305 g/mol. The van der Waals surface area contributed by atoms with Gasteiger partial charge in [-0.15, -0.1) is 0 Å². The van der Waals surface area contributed by atoms with Crippen LogP contribution in [0.2, 0.25) is 0 Å². The number of likely N-dealkylation sites (N-methyl/N-ethyl adjacent to an activating group) is 1. The van der Waals surface area contributed by atoms with Crippen molar-refractivity contribution in [3.05, 3.63) is 0 Å². The van der Waals surface area contributed by atoms with Gasteiger partial charge in [0.05, 0.1) is 6.61 Å². The van der Waals surface area contributed by atoms with Crippen molar-refractivity contribution >= 4 is 16.2 Å². The van der Waals surface area contributed by atoms with E-state index in [1.807, 2.05) is 7.05 Å². The largest absolute Gasteiger partial charge is 0.465 e. The van der Waals surface area contributed by atoms with Crippen molar-refractivity contribution in [2.45, 2.75) is 25.8 Å². The predicted molar refractivity (Wildman–Crippen MR) is 74.4 cm³/mol. The minimum atomic E-state index is -3.56. The Morgan fingerprint density at radius 1 is 1.20 bits per heavy atom. The number of ether oxygens (including phenoxy) is 1. The third-order valence-corrected chi connectivity index (χ3v) is 5.89. The lowest BCUT2D eigenvalue weighted by atomic mass is 10.2. The summed E-state index contributed by atoms with van der Waals surface area (Å²) in [6, 6.07) is -0.653.